The van der Waals surface area contributed by atoms with Gasteiger partial charge in [-0.25, -0.2) is 4.79 Å². The van der Waals surface area contributed by atoms with Gasteiger partial charge in [0.2, 0.25) is 0 Å². The smallest absolute Gasteiger partial charge is 0.335 e. The number of hydrogen-bond acceptors (Lipinski definition) is 3. The molecule has 1 unspecified atom stereocenters. The fourth-order valence-electron chi connectivity index (χ4n) is 3.76. The minimum atomic E-state index is -0.970. The lowest BCUT2D eigenvalue weighted by atomic mass is 10.0. The third kappa shape index (κ3) is 5.41. The molecule has 0 spiro atoms. The second-order valence-corrected chi connectivity index (χ2v) is 8.76. The topological polar surface area (TPSA) is 62.5 Å². The molecule has 3 rings (SSSR count). The van der Waals surface area contributed by atoms with Crippen LogP contribution in [0, 0.1) is 6.92 Å². The van der Waals surface area contributed by atoms with E-state index in [1.165, 1.54) is 17.2 Å². The molecule has 1 atom stereocenters. The molecule has 0 aliphatic rings. The van der Waals surface area contributed by atoms with E-state index in [9.17, 15) is 9.59 Å². The maximum absolute atomic E-state index is 12.9. The van der Waals surface area contributed by atoms with Gasteiger partial charge in [0.05, 0.1) is 16.3 Å². The first-order valence-corrected chi connectivity index (χ1v) is 11.1. The molecule has 0 fully saturated rings. The number of rotatable bonds is 8. The van der Waals surface area contributed by atoms with Gasteiger partial charge in [0.1, 0.15) is 5.02 Å². The van der Waals surface area contributed by atoms with Gasteiger partial charge in [0.15, 0.2) is 0 Å². The molecular weight excluding hydrogens is 447 g/mol. The molecule has 168 valence electrons. The van der Waals surface area contributed by atoms with Crippen molar-refractivity contribution in [3.8, 4) is 0 Å². The highest BCUT2D eigenvalue weighted by Crippen LogP contribution is 2.26. The van der Waals surface area contributed by atoms with Crippen molar-refractivity contribution in [2.24, 2.45) is 0 Å². The van der Waals surface area contributed by atoms with E-state index in [0.29, 0.717) is 30.2 Å². The molecule has 3 aromatic rings. The van der Waals surface area contributed by atoms with Crippen molar-refractivity contribution in [3.05, 3.63) is 103 Å². The molecule has 0 bridgehead atoms. The van der Waals surface area contributed by atoms with Crippen molar-refractivity contribution in [1.29, 1.82) is 0 Å². The van der Waals surface area contributed by atoms with E-state index in [0.717, 1.165) is 5.56 Å². The van der Waals surface area contributed by atoms with Gasteiger partial charge >= 0.3 is 5.97 Å². The summed E-state index contributed by atoms with van der Waals surface area (Å²) >= 11 is 12.7. The molecule has 32 heavy (non-hydrogen) atoms. The van der Waals surface area contributed by atoms with Crippen LogP contribution in [0.2, 0.25) is 10.0 Å². The molecule has 2 aromatic carbocycles. The van der Waals surface area contributed by atoms with Crippen molar-refractivity contribution >= 4 is 29.2 Å². The van der Waals surface area contributed by atoms with E-state index in [1.54, 1.807) is 28.8 Å². The summed E-state index contributed by atoms with van der Waals surface area (Å²) in [7, 11) is 2.00. The number of aryl methyl sites for hydroxylation is 2. The third-order valence-corrected chi connectivity index (χ3v) is 6.43. The number of carboxylic acid groups (broad SMARTS) is 1. The zero-order valence-electron chi connectivity index (χ0n) is 18.3. The second kappa shape index (κ2) is 10.3. The standard InChI is InChI=1S/C25H26Cl2N2O3/c1-16-6-4-5-7-20(16)17(2)28(3)15-23-21(26)14-22(27)24(30)29(23)13-12-18-8-10-19(11-9-18)25(31)32/h4-11,14,17H,12-13,15H2,1-3H3,(H,31,32). The van der Waals surface area contributed by atoms with E-state index < -0.39 is 5.97 Å². The number of aromatic nitrogens is 1. The zero-order valence-corrected chi connectivity index (χ0v) is 19.8. The van der Waals surface area contributed by atoms with E-state index >= 15 is 0 Å². The lowest BCUT2D eigenvalue weighted by Crippen LogP contribution is -2.30. The average Bonchev–Trinajstić information content (AvgIpc) is 2.77. The first-order valence-electron chi connectivity index (χ1n) is 10.3. The van der Waals surface area contributed by atoms with Gasteiger partial charge in [0, 0.05) is 19.1 Å². The van der Waals surface area contributed by atoms with Gasteiger partial charge in [-0.3, -0.25) is 9.69 Å². The maximum Gasteiger partial charge on any atom is 0.335 e. The van der Waals surface area contributed by atoms with Crippen LogP contribution < -0.4 is 5.56 Å². The van der Waals surface area contributed by atoms with Crippen molar-refractivity contribution in [2.75, 3.05) is 7.05 Å². The summed E-state index contributed by atoms with van der Waals surface area (Å²) in [6.07, 6.45) is 0.542. The normalized spacial score (nSPS) is 12.2. The van der Waals surface area contributed by atoms with Gasteiger partial charge in [-0.05, 0) is 62.2 Å². The molecule has 0 saturated carbocycles. The molecule has 0 aliphatic carbocycles. The minimum Gasteiger partial charge on any atom is -0.478 e. The predicted octanol–water partition coefficient (Wildman–Crippen LogP) is 5.60. The molecule has 1 heterocycles. The molecule has 1 N–H and O–H groups in total. The van der Waals surface area contributed by atoms with E-state index in [2.05, 4.69) is 30.9 Å². The number of nitrogens with zero attached hydrogens (tertiary/aromatic N) is 2. The first-order chi connectivity index (χ1) is 15.2. The highest BCUT2D eigenvalue weighted by Gasteiger charge is 2.19. The lowest BCUT2D eigenvalue weighted by Gasteiger charge is -2.28. The minimum absolute atomic E-state index is 0.0783. The number of pyridine rings is 1. The molecule has 0 aliphatic heterocycles. The van der Waals surface area contributed by atoms with Crippen LogP contribution >= 0.6 is 23.2 Å². The Morgan fingerprint density at radius 2 is 1.75 bits per heavy atom. The summed E-state index contributed by atoms with van der Waals surface area (Å²) in [4.78, 5) is 26.1. The summed E-state index contributed by atoms with van der Waals surface area (Å²) in [5.74, 6) is -0.970. The summed E-state index contributed by atoms with van der Waals surface area (Å²) in [6.45, 7) is 5.06. The van der Waals surface area contributed by atoms with Crippen molar-refractivity contribution in [3.63, 3.8) is 0 Å². The third-order valence-electron chi connectivity index (χ3n) is 5.83. The van der Waals surface area contributed by atoms with Crippen molar-refractivity contribution in [2.45, 2.75) is 39.4 Å². The van der Waals surface area contributed by atoms with Crippen molar-refractivity contribution < 1.29 is 9.90 Å². The number of hydrogen-bond donors (Lipinski definition) is 1. The molecule has 5 nitrogen and oxygen atoms in total. The number of carboxylic acids is 1. The quantitative estimate of drug-likeness (QED) is 0.463. The molecule has 7 heteroatoms. The monoisotopic (exact) mass is 472 g/mol. The highest BCUT2D eigenvalue weighted by atomic mass is 35.5. The number of aromatic carboxylic acids is 1. The van der Waals surface area contributed by atoms with Crippen LogP contribution in [0.1, 0.15) is 45.7 Å². The first kappa shape index (κ1) is 24.1. The van der Waals surface area contributed by atoms with Crippen LogP contribution in [0.15, 0.2) is 59.4 Å². The molecule has 0 radical (unpaired) electrons. The fourth-order valence-corrected chi connectivity index (χ4v) is 4.29. The zero-order chi connectivity index (χ0) is 23.4. The average molecular weight is 473 g/mol. The summed E-state index contributed by atoms with van der Waals surface area (Å²) in [5.41, 5.74) is 3.98. The fraction of sp³-hybridized carbons (Fsp3) is 0.280. The Morgan fingerprint density at radius 1 is 1.09 bits per heavy atom. The summed E-state index contributed by atoms with van der Waals surface area (Å²) < 4.78 is 1.62. The predicted molar refractivity (Wildman–Crippen MR) is 129 cm³/mol. The van der Waals surface area contributed by atoms with Gasteiger partial charge in [-0.15, -0.1) is 0 Å². The molecule has 1 aromatic heterocycles. The van der Waals surface area contributed by atoms with Crippen LogP contribution in [0.3, 0.4) is 0 Å². The van der Waals surface area contributed by atoms with E-state index in [1.807, 2.05) is 19.2 Å². The summed E-state index contributed by atoms with van der Waals surface area (Å²) in [5, 5.41) is 9.59. The van der Waals surface area contributed by atoms with Crippen LogP contribution in [0.25, 0.3) is 0 Å². The maximum atomic E-state index is 12.9. The Bertz CT molecular complexity index is 1170. The Labute approximate surface area is 197 Å². The Balaban J connectivity index is 1.86. The highest BCUT2D eigenvalue weighted by molar-refractivity contribution is 6.34. The molecule has 0 saturated heterocycles. The Hall–Kier alpha value is -2.60. The van der Waals surface area contributed by atoms with E-state index in [4.69, 9.17) is 28.3 Å². The number of carbonyl (C=O) groups is 1. The van der Waals surface area contributed by atoms with Crippen LogP contribution in [-0.2, 0) is 19.5 Å². The van der Waals surface area contributed by atoms with Gasteiger partial charge in [0.25, 0.3) is 5.56 Å². The lowest BCUT2D eigenvalue weighted by molar-refractivity contribution is 0.0697. The summed E-state index contributed by atoms with van der Waals surface area (Å²) in [6, 6.07) is 16.5. The van der Waals surface area contributed by atoms with Crippen LogP contribution in [0.4, 0.5) is 0 Å². The SMILES string of the molecule is Cc1ccccc1C(C)N(C)Cc1c(Cl)cc(Cl)c(=O)n1CCc1ccc(C(=O)O)cc1. The Morgan fingerprint density at radius 3 is 2.38 bits per heavy atom. The van der Waals surface area contributed by atoms with Crippen LogP contribution in [0.5, 0.6) is 0 Å². The van der Waals surface area contributed by atoms with Crippen molar-refractivity contribution in [1.82, 2.24) is 9.47 Å². The Kier molecular flexibility index (Phi) is 7.77. The van der Waals surface area contributed by atoms with Gasteiger partial charge in [-0.2, -0.15) is 0 Å². The van der Waals surface area contributed by atoms with Gasteiger partial charge < -0.3 is 9.67 Å². The number of benzene rings is 2. The molecular formula is C25H26Cl2N2O3. The van der Waals surface area contributed by atoms with E-state index in [-0.39, 0.29) is 22.2 Å². The largest absolute Gasteiger partial charge is 0.478 e. The van der Waals surface area contributed by atoms with Gasteiger partial charge in [-0.1, -0.05) is 59.6 Å². The molecule has 0 amide bonds. The number of halogens is 2. The van der Waals surface area contributed by atoms with Crippen LogP contribution in [-0.4, -0.2) is 27.6 Å². The second-order valence-electron chi connectivity index (χ2n) is 7.94.